The molecule has 1 aromatic carbocycles. The molecule has 6 nitrogen and oxygen atoms in total. The van der Waals surface area contributed by atoms with Gasteiger partial charge in [-0.15, -0.1) is 0 Å². The minimum atomic E-state index is -0.425. The Balaban J connectivity index is 1.52. The SMILES string of the molecule is Cc1[nH]c(=O)[nH]c(=O)c1CN1C[C@H](c2ccccc2)[C@H]2[C@@H]1C1CCN2CC1. The van der Waals surface area contributed by atoms with Crippen LogP contribution in [0.5, 0.6) is 0 Å². The molecule has 4 aliphatic heterocycles. The van der Waals surface area contributed by atoms with Gasteiger partial charge in [-0.2, -0.15) is 0 Å². The highest BCUT2D eigenvalue weighted by Crippen LogP contribution is 2.46. The van der Waals surface area contributed by atoms with E-state index in [-0.39, 0.29) is 5.56 Å². The van der Waals surface area contributed by atoms with Gasteiger partial charge >= 0.3 is 5.69 Å². The number of hydrogen-bond donors (Lipinski definition) is 2. The smallest absolute Gasteiger partial charge is 0.311 e. The molecule has 1 aromatic heterocycles. The molecule has 0 aliphatic carbocycles. The third-order valence-electron chi connectivity index (χ3n) is 6.94. The lowest BCUT2D eigenvalue weighted by molar-refractivity contribution is -0.00886. The van der Waals surface area contributed by atoms with Crippen LogP contribution < -0.4 is 11.2 Å². The van der Waals surface area contributed by atoms with Crippen molar-refractivity contribution in [3.8, 4) is 0 Å². The molecule has 4 saturated heterocycles. The highest BCUT2D eigenvalue weighted by molar-refractivity contribution is 5.27. The van der Waals surface area contributed by atoms with Crippen molar-refractivity contribution in [2.24, 2.45) is 5.92 Å². The van der Waals surface area contributed by atoms with E-state index in [1.54, 1.807) is 0 Å². The number of hydrogen-bond acceptors (Lipinski definition) is 4. The summed E-state index contributed by atoms with van der Waals surface area (Å²) >= 11 is 0. The minimum Gasteiger partial charge on any atom is -0.311 e. The van der Waals surface area contributed by atoms with Gasteiger partial charge in [0.05, 0.1) is 5.56 Å². The number of fused-ring (bicyclic) bond motifs is 2. The molecule has 5 heterocycles. The van der Waals surface area contributed by atoms with Gasteiger partial charge < -0.3 is 4.98 Å². The zero-order valence-corrected chi connectivity index (χ0v) is 15.6. The van der Waals surface area contributed by atoms with Crippen molar-refractivity contribution >= 4 is 0 Å². The molecule has 0 spiro atoms. The molecule has 6 heteroatoms. The molecule has 2 aromatic rings. The zero-order valence-electron chi connectivity index (χ0n) is 15.6. The molecule has 0 saturated carbocycles. The number of nitrogens with one attached hydrogen (secondary N) is 2. The van der Waals surface area contributed by atoms with Crippen LogP contribution in [0.2, 0.25) is 0 Å². The van der Waals surface area contributed by atoms with Crippen molar-refractivity contribution in [2.45, 2.75) is 44.3 Å². The number of benzene rings is 1. The Morgan fingerprint density at radius 2 is 1.78 bits per heavy atom. The maximum atomic E-state index is 12.4. The summed E-state index contributed by atoms with van der Waals surface area (Å²) in [6.45, 7) is 5.78. The number of H-pyrrole nitrogens is 2. The second-order valence-electron chi connectivity index (χ2n) is 8.31. The Morgan fingerprint density at radius 3 is 2.48 bits per heavy atom. The van der Waals surface area contributed by atoms with E-state index in [9.17, 15) is 9.59 Å². The first-order valence-electron chi connectivity index (χ1n) is 9.97. The summed E-state index contributed by atoms with van der Waals surface area (Å²) in [4.78, 5) is 34.3. The van der Waals surface area contributed by atoms with E-state index in [0.29, 0.717) is 41.7 Å². The quantitative estimate of drug-likeness (QED) is 0.862. The van der Waals surface area contributed by atoms with E-state index in [1.807, 2.05) is 6.92 Å². The molecule has 4 fully saturated rings. The lowest BCUT2D eigenvalue weighted by Gasteiger charge is -2.51. The van der Waals surface area contributed by atoms with E-state index in [4.69, 9.17) is 0 Å². The number of aryl methyl sites for hydroxylation is 1. The van der Waals surface area contributed by atoms with Crippen LogP contribution in [0.4, 0.5) is 0 Å². The van der Waals surface area contributed by atoms with Gasteiger partial charge in [0.1, 0.15) is 0 Å². The van der Waals surface area contributed by atoms with Gasteiger partial charge in [0.2, 0.25) is 0 Å². The van der Waals surface area contributed by atoms with E-state index in [0.717, 1.165) is 6.54 Å². The number of aromatic amines is 2. The highest BCUT2D eigenvalue weighted by atomic mass is 16.2. The molecular weight excluding hydrogens is 340 g/mol. The summed E-state index contributed by atoms with van der Waals surface area (Å²) in [6, 6.07) is 11.8. The van der Waals surface area contributed by atoms with Crippen LogP contribution in [-0.4, -0.2) is 51.5 Å². The fourth-order valence-electron chi connectivity index (χ4n) is 5.74. The van der Waals surface area contributed by atoms with Gasteiger partial charge in [-0.05, 0) is 44.3 Å². The second kappa shape index (κ2) is 6.46. The second-order valence-corrected chi connectivity index (χ2v) is 8.31. The number of likely N-dealkylation sites (tertiary alicyclic amines) is 1. The molecule has 0 unspecified atom stereocenters. The predicted octanol–water partition coefficient (Wildman–Crippen LogP) is 1.43. The first-order chi connectivity index (χ1) is 13.1. The van der Waals surface area contributed by atoms with Crippen molar-refractivity contribution in [2.75, 3.05) is 19.6 Å². The first-order valence-corrected chi connectivity index (χ1v) is 9.97. The highest BCUT2D eigenvalue weighted by Gasteiger charge is 2.53. The summed E-state index contributed by atoms with van der Waals surface area (Å²) in [7, 11) is 0. The molecule has 27 heavy (non-hydrogen) atoms. The first kappa shape index (κ1) is 17.0. The van der Waals surface area contributed by atoms with E-state index in [2.05, 4.69) is 50.1 Å². The molecule has 142 valence electrons. The largest absolute Gasteiger partial charge is 0.325 e. The van der Waals surface area contributed by atoms with Gasteiger partial charge in [0.15, 0.2) is 0 Å². The van der Waals surface area contributed by atoms with E-state index in [1.165, 1.54) is 31.5 Å². The van der Waals surface area contributed by atoms with Crippen LogP contribution in [0, 0.1) is 12.8 Å². The Labute approximate surface area is 158 Å². The molecule has 4 aliphatic rings. The molecule has 2 bridgehead atoms. The predicted molar refractivity (Wildman–Crippen MR) is 104 cm³/mol. The average Bonchev–Trinajstić information content (AvgIpc) is 3.08. The topological polar surface area (TPSA) is 72.2 Å². The maximum absolute atomic E-state index is 12.4. The van der Waals surface area contributed by atoms with Crippen LogP contribution in [0.25, 0.3) is 0 Å². The van der Waals surface area contributed by atoms with Crippen LogP contribution in [-0.2, 0) is 6.54 Å². The molecule has 3 atom stereocenters. The minimum absolute atomic E-state index is 0.253. The fraction of sp³-hybridized carbons (Fsp3) is 0.524. The lowest BCUT2D eigenvalue weighted by atomic mass is 9.75. The van der Waals surface area contributed by atoms with Gasteiger partial charge in [0.25, 0.3) is 5.56 Å². The fourth-order valence-corrected chi connectivity index (χ4v) is 5.74. The van der Waals surface area contributed by atoms with Crippen LogP contribution in [0.15, 0.2) is 39.9 Å². The summed E-state index contributed by atoms with van der Waals surface area (Å²) in [5, 5.41) is 0. The Bertz CT molecular complexity index is 943. The Morgan fingerprint density at radius 1 is 1.04 bits per heavy atom. The average molecular weight is 366 g/mol. The van der Waals surface area contributed by atoms with Gasteiger partial charge in [-0.3, -0.25) is 19.6 Å². The molecule has 0 radical (unpaired) electrons. The normalized spacial score (nSPS) is 32.6. The number of nitrogens with zero attached hydrogens (tertiary/aromatic N) is 2. The Kier molecular flexibility index (Phi) is 4.06. The third kappa shape index (κ3) is 2.78. The van der Waals surface area contributed by atoms with Crippen molar-refractivity contribution < 1.29 is 0 Å². The van der Waals surface area contributed by atoms with E-state index < -0.39 is 5.69 Å². The molecule has 6 rings (SSSR count). The number of aromatic nitrogens is 2. The summed E-state index contributed by atoms with van der Waals surface area (Å²) < 4.78 is 0. The maximum Gasteiger partial charge on any atom is 0.325 e. The van der Waals surface area contributed by atoms with Crippen LogP contribution in [0.1, 0.15) is 35.6 Å². The van der Waals surface area contributed by atoms with Crippen LogP contribution in [0.3, 0.4) is 0 Å². The van der Waals surface area contributed by atoms with Crippen molar-refractivity contribution in [1.82, 2.24) is 19.8 Å². The van der Waals surface area contributed by atoms with Gasteiger partial charge in [-0.25, -0.2) is 4.79 Å². The van der Waals surface area contributed by atoms with Gasteiger partial charge in [0, 0.05) is 36.8 Å². The molecule has 0 amide bonds. The van der Waals surface area contributed by atoms with Crippen LogP contribution >= 0.6 is 0 Å². The lowest BCUT2D eigenvalue weighted by Crippen LogP contribution is -2.60. The van der Waals surface area contributed by atoms with Crippen molar-refractivity contribution in [3.63, 3.8) is 0 Å². The summed E-state index contributed by atoms with van der Waals surface area (Å²) in [5.74, 6) is 1.18. The molecule has 2 N–H and O–H groups in total. The summed E-state index contributed by atoms with van der Waals surface area (Å²) in [6.07, 6.45) is 2.50. The van der Waals surface area contributed by atoms with Crippen molar-refractivity contribution in [1.29, 1.82) is 0 Å². The van der Waals surface area contributed by atoms with Gasteiger partial charge in [-0.1, -0.05) is 30.3 Å². The number of rotatable bonds is 3. The number of piperidine rings is 3. The zero-order chi connectivity index (χ0) is 18.5. The van der Waals surface area contributed by atoms with E-state index >= 15 is 0 Å². The third-order valence-corrected chi connectivity index (χ3v) is 6.94. The monoisotopic (exact) mass is 366 g/mol. The Hall–Kier alpha value is -2.18. The standard InChI is InChI=1S/C21H26N4O2/c1-13-16(20(26)23-21(27)22-13)11-25-12-17(14-5-3-2-4-6-14)19-18(25)15-7-9-24(19)10-8-15/h2-6,15,17-19H,7-12H2,1H3,(H2,22,23,26,27)/t17-,18+,19+/m1/s1. The molecular formula is C21H26N4O2. The van der Waals surface area contributed by atoms with Crippen molar-refractivity contribution in [3.05, 3.63) is 68.0 Å². The summed E-state index contributed by atoms with van der Waals surface area (Å²) in [5.41, 5.74) is 2.10.